The van der Waals surface area contributed by atoms with Gasteiger partial charge in [0, 0.05) is 12.5 Å². The lowest BCUT2D eigenvalue weighted by Gasteiger charge is -2.36. The molecular weight excluding hydrogens is 539 g/mol. The van der Waals surface area contributed by atoms with Crippen LogP contribution in [-0.4, -0.2) is 59.8 Å². The zero-order valence-corrected chi connectivity index (χ0v) is 21.7. The van der Waals surface area contributed by atoms with Crippen LogP contribution in [0, 0.1) is 6.92 Å². The quantitative estimate of drug-likeness (QED) is 0.471. The van der Waals surface area contributed by atoms with Crippen LogP contribution in [0.5, 0.6) is 5.75 Å². The van der Waals surface area contributed by atoms with Crippen molar-refractivity contribution in [3.8, 4) is 17.1 Å². The van der Waals surface area contributed by atoms with Gasteiger partial charge in [0.25, 0.3) is 5.91 Å². The van der Waals surface area contributed by atoms with Crippen LogP contribution in [0.1, 0.15) is 33.6 Å². The number of sulfone groups is 1. The van der Waals surface area contributed by atoms with E-state index in [1.54, 1.807) is 30.5 Å². The minimum Gasteiger partial charge on any atom is -0.484 e. The van der Waals surface area contributed by atoms with Gasteiger partial charge in [-0.2, -0.15) is 18.3 Å². The standard InChI is InChI=1S/C25H24F3N5O5S/c1-14-3-6-18(29-10-14)20-21(30-19(34)11-39(2,36)37)22-23(35)31-24(12-33(22)32-20)8-7-15-9-16(4-5-17(15)24)38-13-25(26,27)28/h3-6,9-10H,7-8,11-13H2,1-2H3,(H,30,34)(H,31,35)/t24-/m0/s1. The summed E-state index contributed by atoms with van der Waals surface area (Å²) in [6.45, 7) is 0.608. The van der Waals surface area contributed by atoms with Crippen molar-refractivity contribution < 1.29 is 35.9 Å². The molecule has 5 rings (SSSR count). The summed E-state index contributed by atoms with van der Waals surface area (Å²) in [6, 6.07) is 8.08. The number of hydrogen-bond acceptors (Lipinski definition) is 7. The van der Waals surface area contributed by atoms with E-state index in [1.807, 2.05) is 6.92 Å². The Morgan fingerprint density at radius 1 is 1.26 bits per heavy atom. The van der Waals surface area contributed by atoms with Gasteiger partial charge in [-0.15, -0.1) is 0 Å². The van der Waals surface area contributed by atoms with E-state index in [1.165, 1.54) is 10.7 Å². The van der Waals surface area contributed by atoms with Crippen LogP contribution in [0.3, 0.4) is 0 Å². The van der Waals surface area contributed by atoms with Crippen molar-refractivity contribution in [2.75, 3.05) is 23.9 Å². The monoisotopic (exact) mass is 563 g/mol. The van der Waals surface area contributed by atoms with Crippen LogP contribution in [0.4, 0.5) is 18.9 Å². The summed E-state index contributed by atoms with van der Waals surface area (Å²) >= 11 is 0. The molecule has 1 aliphatic carbocycles. The molecule has 1 atom stereocenters. The number of hydrogen-bond donors (Lipinski definition) is 2. The summed E-state index contributed by atoms with van der Waals surface area (Å²) in [5.74, 6) is -2.08. The molecule has 14 heteroatoms. The van der Waals surface area contributed by atoms with E-state index >= 15 is 0 Å². The summed E-state index contributed by atoms with van der Waals surface area (Å²) in [7, 11) is -3.64. The first-order chi connectivity index (χ1) is 18.2. The number of aromatic nitrogens is 3. The molecule has 0 saturated heterocycles. The summed E-state index contributed by atoms with van der Waals surface area (Å²) in [4.78, 5) is 30.4. The highest BCUT2D eigenvalue weighted by atomic mass is 32.2. The molecule has 10 nitrogen and oxygen atoms in total. The second-order valence-corrected chi connectivity index (χ2v) is 12.0. The molecular formula is C25H24F3N5O5S. The predicted octanol–water partition coefficient (Wildman–Crippen LogP) is 2.76. The molecule has 0 fully saturated rings. The second kappa shape index (κ2) is 9.36. The molecule has 1 spiro atoms. The van der Waals surface area contributed by atoms with Crippen molar-refractivity contribution >= 4 is 27.3 Å². The third-order valence-electron chi connectivity index (χ3n) is 6.57. The summed E-state index contributed by atoms with van der Waals surface area (Å²) in [5, 5.41) is 10.1. The van der Waals surface area contributed by atoms with Gasteiger partial charge in [-0.25, -0.2) is 8.42 Å². The van der Waals surface area contributed by atoms with Gasteiger partial charge in [-0.3, -0.25) is 19.3 Å². The number of nitrogens with zero attached hydrogens (tertiary/aromatic N) is 3. The molecule has 3 heterocycles. The number of alkyl halides is 3. The predicted molar refractivity (Wildman–Crippen MR) is 134 cm³/mol. The number of rotatable bonds is 6. The Morgan fingerprint density at radius 3 is 2.69 bits per heavy atom. The number of amides is 2. The largest absolute Gasteiger partial charge is 0.484 e. The molecule has 39 heavy (non-hydrogen) atoms. The van der Waals surface area contributed by atoms with E-state index in [2.05, 4.69) is 20.7 Å². The van der Waals surface area contributed by atoms with E-state index in [9.17, 15) is 31.2 Å². The molecule has 0 bridgehead atoms. The smallest absolute Gasteiger partial charge is 0.422 e. The van der Waals surface area contributed by atoms with Crippen LogP contribution in [0.2, 0.25) is 0 Å². The lowest BCUT2D eigenvalue weighted by Crippen LogP contribution is -2.52. The number of aryl methyl sites for hydroxylation is 2. The fourth-order valence-corrected chi connectivity index (χ4v) is 5.52. The SMILES string of the molecule is Cc1ccc(-c2nn3c(c2NC(=O)CS(C)(=O)=O)C(=O)N[C@@]2(CCc4cc(OCC(F)(F)F)ccc42)C3)nc1. The van der Waals surface area contributed by atoms with Gasteiger partial charge in [-0.1, -0.05) is 12.1 Å². The lowest BCUT2D eigenvalue weighted by atomic mass is 9.89. The van der Waals surface area contributed by atoms with Crippen LogP contribution in [0.15, 0.2) is 36.5 Å². The Bertz CT molecular complexity index is 1580. The van der Waals surface area contributed by atoms with Gasteiger partial charge >= 0.3 is 6.18 Å². The Labute approximate surface area is 221 Å². The van der Waals surface area contributed by atoms with E-state index < -0.39 is 45.7 Å². The lowest BCUT2D eigenvalue weighted by molar-refractivity contribution is -0.153. The number of carbonyl (C=O) groups is 2. The van der Waals surface area contributed by atoms with Crippen molar-refractivity contribution in [3.63, 3.8) is 0 Å². The zero-order chi connectivity index (χ0) is 28.2. The van der Waals surface area contributed by atoms with Crippen LogP contribution in [0.25, 0.3) is 11.4 Å². The number of halogens is 3. The second-order valence-electron chi connectivity index (χ2n) is 9.83. The third-order valence-corrected chi connectivity index (χ3v) is 7.35. The number of ether oxygens (including phenoxy) is 1. The Morgan fingerprint density at radius 2 is 2.03 bits per heavy atom. The molecule has 0 unspecified atom stereocenters. The molecule has 2 aromatic heterocycles. The minimum absolute atomic E-state index is 0.0402. The van der Waals surface area contributed by atoms with Crippen LogP contribution >= 0.6 is 0 Å². The molecule has 206 valence electrons. The average molecular weight is 564 g/mol. The van der Waals surface area contributed by atoms with Gasteiger partial charge in [0.05, 0.1) is 17.8 Å². The highest BCUT2D eigenvalue weighted by Crippen LogP contribution is 2.43. The number of fused-ring (bicyclic) bond motifs is 3. The van der Waals surface area contributed by atoms with Gasteiger partial charge in [0.1, 0.15) is 22.9 Å². The van der Waals surface area contributed by atoms with Gasteiger partial charge < -0.3 is 15.4 Å². The molecule has 1 aromatic carbocycles. The van der Waals surface area contributed by atoms with Crippen LogP contribution in [-0.2, 0) is 33.1 Å². The molecule has 2 amide bonds. The number of benzene rings is 1. The van der Waals surface area contributed by atoms with E-state index in [0.717, 1.165) is 22.9 Å². The van der Waals surface area contributed by atoms with Crippen molar-refractivity contribution in [3.05, 3.63) is 58.9 Å². The summed E-state index contributed by atoms with van der Waals surface area (Å²) < 4.78 is 67.4. The number of anilines is 1. The summed E-state index contributed by atoms with van der Waals surface area (Å²) in [5.41, 5.74) is 2.12. The van der Waals surface area contributed by atoms with E-state index in [4.69, 9.17) is 4.74 Å². The molecule has 1 aliphatic heterocycles. The number of carbonyl (C=O) groups excluding carboxylic acids is 2. The maximum atomic E-state index is 13.5. The molecule has 2 N–H and O–H groups in total. The molecule has 3 aromatic rings. The van der Waals surface area contributed by atoms with Gasteiger partial charge in [0.2, 0.25) is 5.91 Å². The average Bonchev–Trinajstić information content (AvgIpc) is 3.35. The first-order valence-corrected chi connectivity index (χ1v) is 14.0. The van der Waals surface area contributed by atoms with Gasteiger partial charge in [0.15, 0.2) is 22.1 Å². The Hall–Kier alpha value is -3.94. The topological polar surface area (TPSA) is 132 Å². The minimum atomic E-state index is -4.47. The van der Waals surface area contributed by atoms with Crippen LogP contribution < -0.4 is 15.4 Å². The van der Waals surface area contributed by atoms with Crippen molar-refractivity contribution in [2.24, 2.45) is 0 Å². The maximum Gasteiger partial charge on any atom is 0.422 e. The molecule has 2 aliphatic rings. The first kappa shape index (κ1) is 26.7. The fraction of sp³-hybridized carbons (Fsp3) is 0.360. The van der Waals surface area contributed by atoms with E-state index in [-0.39, 0.29) is 29.4 Å². The zero-order valence-electron chi connectivity index (χ0n) is 20.9. The Kier molecular flexibility index (Phi) is 6.40. The highest BCUT2D eigenvalue weighted by molar-refractivity contribution is 7.91. The van der Waals surface area contributed by atoms with Crippen molar-refractivity contribution in [1.82, 2.24) is 20.1 Å². The molecule has 0 radical (unpaired) electrons. The first-order valence-electron chi connectivity index (χ1n) is 11.9. The maximum absolute atomic E-state index is 13.5. The number of pyridine rings is 1. The fourth-order valence-electron chi connectivity index (χ4n) is 4.97. The number of nitrogens with one attached hydrogen (secondary N) is 2. The normalized spacial score (nSPS) is 18.4. The molecule has 0 saturated carbocycles. The third kappa shape index (κ3) is 5.46. The van der Waals surface area contributed by atoms with Crippen molar-refractivity contribution in [2.45, 2.75) is 38.0 Å². The van der Waals surface area contributed by atoms with Gasteiger partial charge in [-0.05, 0) is 54.7 Å². The van der Waals surface area contributed by atoms with E-state index in [0.29, 0.717) is 18.5 Å². The Balaban J connectivity index is 1.52. The highest BCUT2D eigenvalue weighted by Gasteiger charge is 2.46. The van der Waals surface area contributed by atoms with Crippen molar-refractivity contribution in [1.29, 1.82) is 0 Å². The summed E-state index contributed by atoms with van der Waals surface area (Å²) in [6.07, 6.45) is -0.991.